The van der Waals surface area contributed by atoms with Crippen LogP contribution in [-0.4, -0.2) is 14.2 Å². The summed E-state index contributed by atoms with van der Waals surface area (Å²) < 4.78 is 23.8. The van der Waals surface area contributed by atoms with Gasteiger partial charge in [-0.15, -0.1) is 11.3 Å². The molecule has 0 N–H and O–H groups in total. The third kappa shape index (κ3) is 3.89. The molecule has 3 aromatic carbocycles. The van der Waals surface area contributed by atoms with E-state index in [9.17, 15) is 0 Å². The Labute approximate surface area is 167 Å². The van der Waals surface area contributed by atoms with Crippen molar-refractivity contribution in [1.29, 1.82) is 0 Å². The van der Waals surface area contributed by atoms with Gasteiger partial charge in [-0.2, -0.15) is 0 Å². The monoisotopic (exact) mass is 392 g/mol. The minimum atomic E-state index is 0.540. The predicted octanol–water partition coefficient (Wildman–Crippen LogP) is 6.29. The van der Waals surface area contributed by atoms with Crippen molar-refractivity contribution in [3.63, 3.8) is 0 Å². The van der Waals surface area contributed by atoms with Gasteiger partial charge in [-0.1, -0.05) is 30.3 Å². The largest absolute Gasteiger partial charge is 0.493 e. The second-order valence-corrected chi connectivity index (χ2v) is 7.06. The first-order chi connectivity index (χ1) is 13.8. The zero-order valence-corrected chi connectivity index (χ0v) is 16.5. The van der Waals surface area contributed by atoms with Crippen LogP contribution in [0.5, 0.6) is 28.7 Å². The summed E-state index contributed by atoms with van der Waals surface area (Å²) >= 11 is 1.61. The van der Waals surface area contributed by atoms with Gasteiger partial charge < -0.3 is 18.9 Å². The molecule has 4 rings (SSSR count). The molecule has 0 saturated carbocycles. The summed E-state index contributed by atoms with van der Waals surface area (Å²) in [5, 5.41) is 2.98. The van der Waals surface area contributed by atoms with Crippen molar-refractivity contribution in [2.75, 3.05) is 14.2 Å². The first-order valence-electron chi connectivity index (χ1n) is 8.84. The summed E-state index contributed by atoms with van der Waals surface area (Å²) in [6.07, 6.45) is 0. The molecule has 5 heteroatoms. The van der Waals surface area contributed by atoms with Crippen molar-refractivity contribution in [2.45, 2.75) is 6.61 Å². The maximum absolute atomic E-state index is 6.08. The molecule has 0 saturated heterocycles. The lowest BCUT2D eigenvalue weighted by molar-refractivity contribution is 0.306. The van der Waals surface area contributed by atoms with Gasteiger partial charge in [-0.3, -0.25) is 0 Å². The van der Waals surface area contributed by atoms with Gasteiger partial charge in [0.1, 0.15) is 23.9 Å². The van der Waals surface area contributed by atoms with Gasteiger partial charge in [0.15, 0.2) is 11.5 Å². The number of thiophene rings is 1. The van der Waals surface area contributed by atoms with E-state index in [0.717, 1.165) is 32.9 Å². The lowest BCUT2D eigenvalue weighted by Gasteiger charge is -2.10. The minimum Gasteiger partial charge on any atom is -0.493 e. The van der Waals surface area contributed by atoms with Crippen LogP contribution in [0.15, 0.2) is 72.1 Å². The second-order valence-electron chi connectivity index (χ2n) is 6.15. The molecule has 0 aliphatic carbocycles. The van der Waals surface area contributed by atoms with Crippen molar-refractivity contribution < 1.29 is 18.9 Å². The molecule has 0 bridgehead atoms. The average molecular weight is 392 g/mol. The van der Waals surface area contributed by atoms with Gasteiger partial charge >= 0.3 is 0 Å². The van der Waals surface area contributed by atoms with Crippen LogP contribution in [-0.2, 0) is 6.61 Å². The maximum atomic E-state index is 6.08. The molecule has 28 heavy (non-hydrogen) atoms. The highest BCUT2D eigenvalue weighted by molar-refractivity contribution is 7.17. The van der Waals surface area contributed by atoms with Crippen LogP contribution in [0.25, 0.3) is 10.1 Å². The topological polar surface area (TPSA) is 36.9 Å². The Kier molecular flexibility index (Phi) is 5.35. The highest BCUT2D eigenvalue weighted by Gasteiger charge is 2.12. The minimum absolute atomic E-state index is 0.540. The number of rotatable bonds is 7. The number of benzene rings is 3. The number of hydrogen-bond acceptors (Lipinski definition) is 5. The molecule has 142 valence electrons. The zero-order chi connectivity index (χ0) is 19.3. The molecule has 1 aromatic heterocycles. The van der Waals surface area contributed by atoms with E-state index in [1.807, 2.05) is 72.1 Å². The van der Waals surface area contributed by atoms with Crippen LogP contribution < -0.4 is 18.9 Å². The van der Waals surface area contributed by atoms with E-state index in [0.29, 0.717) is 18.1 Å². The predicted molar refractivity (Wildman–Crippen MR) is 112 cm³/mol. The van der Waals surface area contributed by atoms with Crippen LogP contribution in [0.1, 0.15) is 5.56 Å². The molecule has 1 heterocycles. The fourth-order valence-corrected chi connectivity index (χ4v) is 3.75. The van der Waals surface area contributed by atoms with Crippen LogP contribution in [0.3, 0.4) is 0 Å². The van der Waals surface area contributed by atoms with Crippen molar-refractivity contribution in [2.24, 2.45) is 0 Å². The smallest absolute Gasteiger partial charge is 0.162 e. The van der Waals surface area contributed by atoms with Crippen LogP contribution >= 0.6 is 11.3 Å². The maximum Gasteiger partial charge on any atom is 0.162 e. The van der Waals surface area contributed by atoms with E-state index in [1.165, 1.54) is 0 Å². The van der Waals surface area contributed by atoms with Crippen molar-refractivity contribution in [3.8, 4) is 28.7 Å². The Hall–Kier alpha value is -3.18. The van der Waals surface area contributed by atoms with E-state index < -0.39 is 0 Å². The summed E-state index contributed by atoms with van der Waals surface area (Å²) in [5.41, 5.74) is 1.14. The molecule has 0 fully saturated rings. The molecule has 0 aliphatic rings. The molecule has 0 amide bonds. The van der Waals surface area contributed by atoms with Crippen molar-refractivity contribution in [1.82, 2.24) is 0 Å². The SMILES string of the molecule is COc1cc2scc(Oc3ccc(OCc4ccccc4)cc3)c2cc1OC. The van der Waals surface area contributed by atoms with Gasteiger partial charge in [-0.25, -0.2) is 0 Å². The molecular formula is C23H20O4S. The molecular weight excluding hydrogens is 372 g/mol. The Balaban J connectivity index is 1.48. The zero-order valence-electron chi connectivity index (χ0n) is 15.7. The van der Waals surface area contributed by atoms with E-state index in [2.05, 4.69) is 0 Å². The molecule has 0 aliphatic heterocycles. The fraction of sp³-hybridized carbons (Fsp3) is 0.130. The average Bonchev–Trinajstić information content (AvgIpc) is 3.14. The Morgan fingerprint density at radius 1 is 0.750 bits per heavy atom. The van der Waals surface area contributed by atoms with Crippen molar-refractivity contribution in [3.05, 3.63) is 77.7 Å². The van der Waals surface area contributed by atoms with Gasteiger partial charge in [0.25, 0.3) is 0 Å². The van der Waals surface area contributed by atoms with Gasteiger partial charge in [-0.05, 0) is 35.9 Å². The molecule has 0 radical (unpaired) electrons. The molecule has 0 spiro atoms. The lowest BCUT2D eigenvalue weighted by Crippen LogP contribution is -1.94. The summed E-state index contributed by atoms with van der Waals surface area (Å²) in [6.45, 7) is 0.540. The number of ether oxygens (including phenoxy) is 4. The van der Waals surface area contributed by atoms with Crippen LogP contribution in [0, 0.1) is 0 Å². The van der Waals surface area contributed by atoms with Crippen LogP contribution in [0.2, 0.25) is 0 Å². The Bertz CT molecular complexity index is 1060. The molecule has 4 aromatic rings. The van der Waals surface area contributed by atoms with Crippen LogP contribution in [0.4, 0.5) is 0 Å². The second kappa shape index (κ2) is 8.23. The normalized spacial score (nSPS) is 10.6. The molecule has 0 atom stereocenters. The summed E-state index contributed by atoms with van der Waals surface area (Å²) in [6, 6.07) is 21.6. The van der Waals surface area contributed by atoms with Gasteiger partial charge in [0.05, 0.1) is 14.2 Å². The number of hydrogen-bond donors (Lipinski definition) is 0. The molecule has 0 unspecified atom stereocenters. The summed E-state index contributed by atoms with van der Waals surface area (Å²) in [5.74, 6) is 3.74. The lowest BCUT2D eigenvalue weighted by atomic mass is 10.2. The Morgan fingerprint density at radius 3 is 2.14 bits per heavy atom. The van der Waals surface area contributed by atoms with E-state index in [1.54, 1.807) is 25.6 Å². The third-order valence-electron chi connectivity index (χ3n) is 4.34. The number of fused-ring (bicyclic) bond motifs is 1. The van der Waals surface area contributed by atoms with Gasteiger partial charge in [0, 0.05) is 21.5 Å². The highest BCUT2D eigenvalue weighted by Crippen LogP contribution is 2.41. The Morgan fingerprint density at radius 2 is 1.43 bits per heavy atom. The highest BCUT2D eigenvalue weighted by atomic mass is 32.1. The summed E-state index contributed by atoms with van der Waals surface area (Å²) in [4.78, 5) is 0. The van der Waals surface area contributed by atoms with Crippen molar-refractivity contribution >= 4 is 21.4 Å². The third-order valence-corrected chi connectivity index (χ3v) is 5.27. The molecule has 4 nitrogen and oxygen atoms in total. The van der Waals surface area contributed by atoms with Gasteiger partial charge in [0.2, 0.25) is 0 Å². The first kappa shape index (κ1) is 18.2. The quantitative estimate of drug-likeness (QED) is 0.370. The fourth-order valence-electron chi connectivity index (χ4n) is 2.88. The summed E-state index contributed by atoms with van der Waals surface area (Å²) in [7, 11) is 3.26. The first-order valence-corrected chi connectivity index (χ1v) is 9.72. The number of methoxy groups -OCH3 is 2. The van der Waals surface area contributed by atoms with E-state index in [-0.39, 0.29) is 0 Å². The van der Waals surface area contributed by atoms with E-state index in [4.69, 9.17) is 18.9 Å². The van der Waals surface area contributed by atoms with E-state index >= 15 is 0 Å². The standard InChI is InChI=1S/C23H20O4S/c1-24-20-12-19-22(15-28-23(19)13-21(20)25-2)27-18-10-8-17(9-11-18)26-14-16-6-4-3-5-7-16/h3-13,15H,14H2,1-2H3.